The Kier molecular flexibility index (Phi) is 10.1. The van der Waals surface area contributed by atoms with E-state index in [0.717, 1.165) is 18.4 Å². The third-order valence-electron chi connectivity index (χ3n) is 13.3. The number of hydrogen-bond acceptors (Lipinski definition) is 11. The number of aromatic amines is 1. The summed E-state index contributed by atoms with van der Waals surface area (Å²) in [5, 5.41) is 21.8. The van der Waals surface area contributed by atoms with Gasteiger partial charge in [-0.05, 0) is 86.7 Å². The number of rotatable bonds is 9. The number of H-pyrrole nitrogens is 1. The first-order valence-electron chi connectivity index (χ1n) is 17.9. The topological polar surface area (TPSA) is 163 Å². The Morgan fingerprint density at radius 1 is 1.12 bits per heavy atom. The number of fused-ring (bicyclic) bond motifs is 3. The van der Waals surface area contributed by atoms with E-state index in [1.165, 1.54) is 6.92 Å². The number of cyclic esters (lactones) is 1. The smallest absolute Gasteiger partial charge is 0.376 e. The molecule has 6 rings (SSSR count). The molecule has 276 valence electrons. The van der Waals surface area contributed by atoms with Gasteiger partial charge in [-0.3, -0.25) is 4.79 Å². The van der Waals surface area contributed by atoms with E-state index in [0.29, 0.717) is 31.4 Å². The Morgan fingerprint density at radius 2 is 1.88 bits per heavy atom. The molecule has 1 saturated heterocycles. The van der Waals surface area contributed by atoms with Crippen LogP contribution < -0.4 is 0 Å². The second-order valence-electron chi connectivity index (χ2n) is 15.8. The van der Waals surface area contributed by atoms with E-state index in [9.17, 15) is 24.6 Å². The lowest BCUT2D eigenvalue weighted by Crippen LogP contribution is -2.68. The number of carbonyl (C=O) groups is 3. The van der Waals surface area contributed by atoms with Crippen molar-refractivity contribution in [3.05, 3.63) is 47.0 Å². The van der Waals surface area contributed by atoms with Crippen LogP contribution in [0.4, 0.5) is 0 Å². The van der Waals surface area contributed by atoms with E-state index in [1.54, 1.807) is 25.4 Å². The number of ether oxygens (including phenoxy) is 6. The molecule has 2 saturated carbocycles. The van der Waals surface area contributed by atoms with Crippen molar-refractivity contribution in [2.75, 3.05) is 20.3 Å². The first kappa shape index (κ1) is 36.6. The van der Waals surface area contributed by atoms with Gasteiger partial charge < -0.3 is 43.6 Å². The highest BCUT2D eigenvalue weighted by Gasteiger charge is 2.69. The molecular formula is C38H53NO11. The largest absolute Gasteiger partial charge is 0.502 e. The number of aromatic nitrogens is 1. The van der Waals surface area contributed by atoms with Crippen molar-refractivity contribution in [3.8, 4) is 0 Å². The third-order valence-corrected chi connectivity index (χ3v) is 13.3. The van der Waals surface area contributed by atoms with Crippen LogP contribution in [0.15, 0.2) is 41.3 Å². The van der Waals surface area contributed by atoms with E-state index >= 15 is 0 Å². The van der Waals surface area contributed by atoms with Crippen LogP contribution in [0.2, 0.25) is 0 Å². The van der Waals surface area contributed by atoms with Crippen LogP contribution in [0.1, 0.15) is 90.6 Å². The molecule has 1 aromatic heterocycles. The third kappa shape index (κ3) is 5.99. The van der Waals surface area contributed by atoms with Gasteiger partial charge in [0.25, 0.3) is 0 Å². The van der Waals surface area contributed by atoms with Crippen molar-refractivity contribution in [3.63, 3.8) is 0 Å². The number of hydrogen-bond donors (Lipinski definition) is 3. The Bertz CT molecular complexity index is 1520. The lowest BCUT2D eigenvalue weighted by atomic mass is 9.36. The minimum absolute atomic E-state index is 0.00540. The summed E-state index contributed by atoms with van der Waals surface area (Å²) in [6.07, 6.45) is 4.84. The number of allylic oxidation sites excluding steroid dienone is 2. The zero-order valence-corrected chi connectivity index (χ0v) is 30.2. The first-order valence-corrected chi connectivity index (χ1v) is 17.9. The normalized spacial score (nSPS) is 41.5. The van der Waals surface area contributed by atoms with Crippen LogP contribution in [-0.2, 0) is 38.0 Å². The van der Waals surface area contributed by atoms with Crippen molar-refractivity contribution >= 4 is 17.9 Å². The van der Waals surface area contributed by atoms with Crippen LogP contribution in [0.5, 0.6) is 0 Å². The van der Waals surface area contributed by atoms with Crippen molar-refractivity contribution in [2.45, 2.75) is 111 Å². The molecule has 12 nitrogen and oxygen atoms in total. The van der Waals surface area contributed by atoms with Crippen molar-refractivity contribution in [1.82, 2.24) is 4.98 Å². The molecular weight excluding hydrogens is 646 g/mol. The molecule has 50 heavy (non-hydrogen) atoms. The summed E-state index contributed by atoms with van der Waals surface area (Å²) in [7, 11) is 1.67. The lowest BCUT2D eigenvalue weighted by Gasteiger charge is -2.68. The molecule has 1 aromatic rings. The van der Waals surface area contributed by atoms with E-state index in [1.807, 2.05) is 13.8 Å². The zero-order chi connectivity index (χ0) is 36.2. The van der Waals surface area contributed by atoms with Crippen LogP contribution in [0.3, 0.4) is 0 Å². The number of aliphatic hydroxyl groups is 2. The van der Waals surface area contributed by atoms with E-state index in [-0.39, 0.29) is 48.7 Å². The van der Waals surface area contributed by atoms with Crippen LogP contribution in [0, 0.1) is 39.9 Å². The highest BCUT2D eigenvalue weighted by atomic mass is 16.7. The molecule has 0 spiro atoms. The lowest BCUT2D eigenvalue weighted by molar-refractivity contribution is -0.277. The number of nitrogens with one attached hydrogen (secondary N) is 1. The Balaban J connectivity index is 1.42. The molecule has 0 radical (unpaired) electrons. The molecule has 5 aliphatic rings. The van der Waals surface area contributed by atoms with Crippen molar-refractivity contribution < 1.29 is 53.0 Å². The fourth-order valence-electron chi connectivity index (χ4n) is 10.8. The van der Waals surface area contributed by atoms with Gasteiger partial charge in [0.1, 0.15) is 18.4 Å². The predicted octanol–water partition coefficient (Wildman–Crippen LogP) is 5.38. The van der Waals surface area contributed by atoms with Gasteiger partial charge in [0, 0.05) is 32.6 Å². The Labute approximate surface area is 293 Å². The maximum Gasteiger partial charge on any atom is 0.376 e. The summed E-state index contributed by atoms with van der Waals surface area (Å²) in [6.45, 7) is 12.1. The minimum Gasteiger partial charge on any atom is -0.502 e. The van der Waals surface area contributed by atoms with Gasteiger partial charge in [0.15, 0.2) is 6.29 Å². The van der Waals surface area contributed by atoms with Crippen LogP contribution >= 0.6 is 0 Å². The highest BCUT2D eigenvalue weighted by Crippen LogP contribution is 2.71. The van der Waals surface area contributed by atoms with Crippen molar-refractivity contribution in [2.24, 2.45) is 39.9 Å². The van der Waals surface area contributed by atoms with Gasteiger partial charge in [0.05, 0.1) is 29.8 Å². The molecule has 3 fully saturated rings. The molecule has 3 aliphatic carbocycles. The van der Waals surface area contributed by atoms with E-state index < -0.39 is 64.5 Å². The standard InChI is InChI=1S/C38H53NO11/c1-20-10-12-26-36(5,31(20)30-32(41)35(44)50-34(30)43)15-14-27-37(26,6)21(2)17-28(49-23(4)40)38(27,19-47-33(42)24-9-8-16-39-24)18-46-29-13-11-25(45-7)22(3)48-29/h8-10,16,21-22,25-29,31,34,39,41,43H,11-15,17-19H2,1-7H3. The number of methoxy groups -OCH3 is 1. The molecule has 0 amide bonds. The second kappa shape index (κ2) is 13.7. The number of aliphatic hydroxyl groups excluding tert-OH is 2. The molecule has 12 unspecified atom stereocenters. The molecule has 0 aromatic carbocycles. The quantitative estimate of drug-likeness (QED) is 0.172. The zero-order valence-electron chi connectivity index (χ0n) is 30.2. The van der Waals surface area contributed by atoms with E-state index in [4.69, 9.17) is 28.4 Å². The summed E-state index contributed by atoms with van der Waals surface area (Å²) >= 11 is 0. The van der Waals surface area contributed by atoms with Gasteiger partial charge in [-0.25, -0.2) is 9.59 Å². The van der Waals surface area contributed by atoms with Crippen molar-refractivity contribution in [1.29, 1.82) is 0 Å². The number of esters is 3. The minimum atomic E-state index is -1.52. The highest BCUT2D eigenvalue weighted by molar-refractivity contribution is 5.89. The van der Waals surface area contributed by atoms with Crippen LogP contribution in [0.25, 0.3) is 0 Å². The maximum atomic E-state index is 13.4. The summed E-state index contributed by atoms with van der Waals surface area (Å²) in [4.78, 5) is 41.5. The molecule has 12 heteroatoms. The first-order chi connectivity index (χ1) is 23.7. The maximum absolute atomic E-state index is 13.4. The SMILES string of the molecule is COC1CCC(OCC2(COC(=O)c3ccc[nH]3)C(OC(C)=O)CC(C)C3(C)C4CC=C(C)C(C5=C(O)C(=O)OC5O)C4(C)CCC23)OC1C. The van der Waals surface area contributed by atoms with Gasteiger partial charge >= 0.3 is 17.9 Å². The van der Waals surface area contributed by atoms with Gasteiger partial charge in [-0.2, -0.15) is 0 Å². The van der Waals surface area contributed by atoms with Gasteiger partial charge in [0.2, 0.25) is 12.0 Å². The summed E-state index contributed by atoms with van der Waals surface area (Å²) in [5.41, 5.74) is -0.340. The predicted molar refractivity (Wildman–Crippen MR) is 179 cm³/mol. The average Bonchev–Trinajstić information content (AvgIpc) is 3.69. The summed E-state index contributed by atoms with van der Waals surface area (Å²) < 4.78 is 35.9. The fourth-order valence-corrected chi connectivity index (χ4v) is 10.8. The molecule has 3 heterocycles. The Hall–Kier alpha value is -3.19. The molecule has 2 aliphatic heterocycles. The summed E-state index contributed by atoms with van der Waals surface area (Å²) in [6, 6.07) is 3.39. The fraction of sp³-hybridized carbons (Fsp3) is 0.711. The average molecular weight is 700 g/mol. The number of carbonyl (C=O) groups excluding carboxylic acids is 3. The van der Waals surface area contributed by atoms with E-state index in [2.05, 4.69) is 31.8 Å². The summed E-state index contributed by atoms with van der Waals surface area (Å²) in [5.74, 6) is -2.90. The van der Waals surface area contributed by atoms with Crippen LogP contribution in [-0.4, -0.2) is 84.3 Å². The Morgan fingerprint density at radius 3 is 2.50 bits per heavy atom. The van der Waals surface area contributed by atoms with Gasteiger partial charge in [-0.15, -0.1) is 0 Å². The molecule has 3 N–H and O–H groups in total. The molecule has 0 bridgehead atoms. The monoisotopic (exact) mass is 699 g/mol. The second-order valence-corrected chi connectivity index (χ2v) is 15.8. The van der Waals surface area contributed by atoms with Gasteiger partial charge in [-0.1, -0.05) is 32.4 Å². The molecule has 12 atom stereocenters.